The van der Waals surface area contributed by atoms with Gasteiger partial charge >= 0.3 is 0 Å². The van der Waals surface area contributed by atoms with Crippen LogP contribution in [0.5, 0.6) is 0 Å². The molecule has 1 fully saturated rings. The zero-order valence-corrected chi connectivity index (χ0v) is 9.09. The molecule has 1 rings (SSSR count). The Morgan fingerprint density at radius 2 is 2.00 bits per heavy atom. The zero-order valence-electron chi connectivity index (χ0n) is 9.09. The van der Waals surface area contributed by atoms with Crippen molar-refractivity contribution in [3.63, 3.8) is 0 Å². The number of nitrogens with one attached hydrogen (secondary N) is 2. The van der Waals surface area contributed by atoms with Crippen LogP contribution in [0.1, 0.15) is 27.7 Å². The normalized spacial score (nSPS) is 32.1. The summed E-state index contributed by atoms with van der Waals surface area (Å²) in [5.74, 6) is 0.608. The topological polar surface area (TPSA) is 44.3 Å². The van der Waals surface area contributed by atoms with E-state index in [-0.39, 0.29) is 5.41 Å². The van der Waals surface area contributed by atoms with Crippen LogP contribution in [-0.4, -0.2) is 30.5 Å². The second-order valence-corrected chi connectivity index (χ2v) is 5.18. The molecule has 0 spiro atoms. The summed E-state index contributed by atoms with van der Waals surface area (Å²) >= 11 is 0. The van der Waals surface area contributed by atoms with Crippen LogP contribution in [0.25, 0.3) is 0 Å². The van der Waals surface area contributed by atoms with Gasteiger partial charge in [-0.2, -0.15) is 0 Å². The lowest BCUT2D eigenvalue weighted by Gasteiger charge is -2.30. The van der Waals surface area contributed by atoms with Gasteiger partial charge in [0.05, 0.1) is 0 Å². The van der Waals surface area contributed by atoms with Gasteiger partial charge in [0.15, 0.2) is 0 Å². The van der Waals surface area contributed by atoms with Crippen LogP contribution in [0, 0.1) is 11.3 Å². The SMILES string of the molecule is CC1CNCC1NC(O)C(C)(C)C. The summed E-state index contributed by atoms with van der Waals surface area (Å²) in [6.45, 7) is 10.3. The van der Waals surface area contributed by atoms with Crippen LogP contribution in [-0.2, 0) is 0 Å². The number of hydrogen-bond donors (Lipinski definition) is 3. The average molecular weight is 186 g/mol. The van der Waals surface area contributed by atoms with Gasteiger partial charge < -0.3 is 10.4 Å². The molecule has 3 atom stereocenters. The highest BCUT2D eigenvalue weighted by Crippen LogP contribution is 2.19. The number of rotatable bonds is 2. The second-order valence-electron chi connectivity index (χ2n) is 5.18. The number of aliphatic hydroxyl groups is 1. The fourth-order valence-electron chi connectivity index (χ4n) is 1.49. The van der Waals surface area contributed by atoms with Crippen LogP contribution in [0.15, 0.2) is 0 Å². The van der Waals surface area contributed by atoms with Crippen molar-refractivity contribution < 1.29 is 5.11 Å². The Kier molecular flexibility index (Phi) is 3.33. The molecule has 3 heteroatoms. The molecule has 3 N–H and O–H groups in total. The van der Waals surface area contributed by atoms with Gasteiger partial charge in [-0.05, 0) is 12.5 Å². The Morgan fingerprint density at radius 1 is 1.38 bits per heavy atom. The van der Waals surface area contributed by atoms with Crippen molar-refractivity contribution in [3.8, 4) is 0 Å². The van der Waals surface area contributed by atoms with Gasteiger partial charge in [0.2, 0.25) is 0 Å². The Bertz CT molecular complexity index is 165. The van der Waals surface area contributed by atoms with E-state index < -0.39 is 6.23 Å². The van der Waals surface area contributed by atoms with E-state index in [9.17, 15) is 5.11 Å². The second kappa shape index (κ2) is 3.95. The van der Waals surface area contributed by atoms with Gasteiger partial charge in [0.25, 0.3) is 0 Å². The van der Waals surface area contributed by atoms with Gasteiger partial charge in [-0.25, -0.2) is 0 Å². The van der Waals surface area contributed by atoms with E-state index in [1.807, 2.05) is 20.8 Å². The summed E-state index contributed by atoms with van der Waals surface area (Å²) < 4.78 is 0. The van der Waals surface area contributed by atoms with E-state index in [0.717, 1.165) is 13.1 Å². The average Bonchev–Trinajstić information content (AvgIpc) is 2.34. The van der Waals surface area contributed by atoms with Crippen molar-refractivity contribution in [1.29, 1.82) is 0 Å². The molecule has 1 saturated heterocycles. The van der Waals surface area contributed by atoms with Crippen LogP contribution in [0.3, 0.4) is 0 Å². The molecule has 0 bridgehead atoms. The van der Waals surface area contributed by atoms with Gasteiger partial charge in [-0.15, -0.1) is 0 Å². The predicted octanol–water partition coefficient (Wildman–Crippen LogP) is 0.548. The summed E-state index contributed by atoms with van der Waals surface area (Å²) in [5, 5.41) is 16.4. The Morgan fingerprint density at radius 3 is 2.38 bits per heavy atom. The molecule has 0 amide bonds. The van der Waals surface area contributed by atoms with E-state index in [1.54, 1.807) is 0 Å². The molecule has 13 heavy (non-hydrogen) atoms. The van der Waals surface area contributed by atoms with E-state index >= 15 is 0 Å². The quantitative estimate of drug-likeness (QED) is 0.552. The predicted molar refractivity (Wildman–Crippen MR) is 54.4 cm³/mol. The van der Waals surface area contributed by atoms with E-state index in [4.69, 9.17) is 0 Å². The first-order chi connectivity index (χ1) is 5.91. The zero-order chi connectivity index (χ0) is 10.1. The standard InChI is InChI=1S/C10H22N2O/c1-7-5-11-6-8(7)12-9(13)10(2,3)4/h7-9,11-13H,5-6H2,1-4H3. The first-order valence-electron chi connectivity index (χ1n) is 5.06. The smallest absolute Gasteiger partial charge is 0.110 e. The largest absolute Gasteiger partial charge is 0.378 e. The fraction of sp³-hybridized carbons (Fsp3) is 1.00. The molecule has 1 heterocycles. The molecule has 0 radical (unpaired) electrons. The van der Waals surface area contributed by atoms with Crippen molar-refractivity contribution in [2.24, 2.45) is 11.3 Å². The molecule has 78 valence electrons. The molecule has 1 aliphatic heterocycles. The lowest BCUT2D eigenvalue weighted by Crippen LogP contribution is -2.48. The summed E-state index contributed by atoms with van der Waals surface area (Å²) in [7, 11) is 0. The van der Waals surface area contributed by atoms with Crippen molar-refractivity contribution in [2.45, 2.75) is 40.0 Å². The fourth-order valence-corrected chi connectivity index (χ4v) is 1.49. The van der Waals surface area contributed by atoms with Crippen LogP contribution >= 0.6 is 0 Å². The maximum atomic E-state index is 9.82. The maximum Gasteiger partial charge on any atom is 0.110 e. The Balaban J connectivity index is 2.40. The highest BCUT2D eigenvalue weighted by atomic mass is 16.3. The van der Waals surface area contributed by atoms with E-state index in [0.29, 0.717) is 12.0 Å². The van der Waals surface area contributed by atoms with Crippen molar-refractivity contribution in [2.75, 3.05) is 13.1 Å². The monoisotopic (exact) mass is 186 g/mol. The Hall–Kier alpha value is -0.120. The Labute approximate surface area is 80.9 Å². The third-order valence-electron chi connectivity index (χ3n) is 2.71. The van der Waals surface area contributed by atoms with E-state index in [2.05, 4.69) is 17.6 Å². The summed E-state index contributed by atoms with van der Waals surface area (Å²) in [6, 6.07) is 0.411. The lowest BCUT2D eigenvalue weighted by molar-refractivity contribution is 0.0211. The number of aliphatic hydroxyl groups excluding tert-OH is 1. The summed E-state index contributed by atoms with van der Waals surface area (Å²) in [6.07, 6.45) is -0.417. The van der Waals surface area contributed by atoms with Gasteiger partial charge in [0.1, 0.15) is 6.23 Å². The summed E-state index contributed by atoms with van der Waals surface area (Å²) in [4.78, 5) is 0. The molecule has 0 aromatic carbocycles. The van der Waals surface area contributed by atoms with Gasteiger partial charge in [-0.1, -0.05) is 27.7 Å². The molecule has 0 aromatic rings. The van der Waals surface area contributed by atoms with Crippen molar-refractivity contribution in [1.82, 2.24) is 10.6 Å². The van der Waals surface area contributed by atoms with Crippen molar-refractivity contribution >= 4 is 0 Å². The molecule has 0 saturated carbocycles. The van der Waals surface area contributed by atoms with Crippen LogP contribution < -0.4 is 10.6 Å². The maximum absolute atomic E-state index is 9.82. The highest BCUT2D eigenvalue weighted by Gasteiger charge is 2.29. The molecule has 1 aliphatic rings. The van der Waals surface area contributed by atoms with E-state index in [1.165, 1.54) is 0 Å². The minimum atomic E-state index is -0.417. The molecular formula is C10H22N2O. The third-order valence-corrected chi connectivity index (χ3v) is 2.71. The summed E-state index contributed by atoms with van der Waals surface area (Å²) in [5.41, 5.74) is -0.0810. The molecule has 0 aliphatic carbocycles. The molecule has 3 nitrogen and oxygen atoms in total. The van der Waals surface area contributed by atoms with Crippen molar-refractivity contribution in [3.05, 3.63) is 0 Å². The van der Waals surface area contributed by atoms with Crippen LogP contribution in [0.4, 0.5) is 0 Å². The minimum Gasteiger partial charge on any atom is -0.378 e. The minimum absolute atomic E-state index is 0.0810. The first kappa shape index (κ1) is 11.0. The first-order valence-corrected chi connectivity index (χ1v) is 5.06. The van der Waals surface area contributed by atoms with Crippen LogP contribution in [0.2, 0.25) is 0 Å². The van der Waals surface area contributed by atoms with Gasteiger partial charge in [-0.3, -0.25) is 5.32 Å². The lowest BCUT2D eigenvalue weighted by atomic mass is 9.93. The third kappa shape index (κ3) is 2.93. The molecule has 3 unspecified atom stereocenters. The van der Waals surface area contributed by atoms with Gasteiger partial charge in [0, 0.05) is 18.0 Å². The highest BCUT2D eigenvalue weighted by molar-refractivity contribution is 4.86. The molecular weight excluding hydrogens is 164 g/mol. The molecule has 0 aromatic heterocycles. The number of hydrogen-bond acceptors (Lipinski definition) is 3.